The highest BCUT2D eigenvalue weighted by atomic mass is 32.1. The molecule has 1 aromatic carbocycles. The number of fused-ring (bicyclic) bond motifs is 2. The summed E-state index contributed by atoms with van der Waals surface area (Å²) >= 11 is 1.61. The normalized spacial score (nSPS) is 13.4. The number of anilines is 1. The first kappa shape index (κ1) is 14.5. The Kier molecular flexibility index (Phi) is 3.65. The third-order valence-electron chi connectivity index (χ3n) is 4.32. The van der Waals surface area contributed by atoms with Crippen LogP contribution in [0.1, 0.15) is 35.0 Å². The summed E-state index contributed by atoms with van der Waals surface area (Å²) in [7, 11) is 0. The first-order valence-electron chi connectivity index (χ1n) is 8.00. The monoisotopic (exact) mass is 326 g/mol. The summed E-state index contributed by atoms with van der Waals surface area (Å²) in [4.78, 5) is 18.1. The van der Waals surface area contributed by atoms with Gasteiger partial charge in [-0.1, -0.05) is 19.1 Å². The fourth-order valence-corrected chi connectivity index (χ4v) is 4.13. The number of furan rings is 1. The zero-order chi connectivity index (χ0) is 15.8. The summed E-state index contributed by atoms with van der Waals surface area (Å²) in [6, 6.07) is 6.17. The lowest BCUT2D eigenvalue weighted by Gasteiger charge is -2.01. The fraction of sp³-hybridized carbons (Fsp3) is 0.333. The van der Waals surface area contributed by atoms with Gasteiger partial charge in [-0.3, -0.25) is 4.79 Å². The lowest BCUT2D eigenvalue weighted by atomic mass is 10.1. The van der Waals surface area contributed by atoms with Gasteiger partial charge >= 0.3 is 0 Å². The number of nitrogens with one attached hydrogen (secondary N) is 1. The predicted octanol–water partition coefficient (Wildman–Crippen LogP) is 4.12. The van der Waals surface area contributed by atoms with Crippen molar-refractivity contribution in [2.75, 3.05) is 5.32 Å². The van der Waals surface area contributed by atoms with Crippen LogP contribution in [0.15, 0.2) is 28.9 Å². The summed E-state index contributed by atoms with van der Waals surface area (Å²) in [6.07, 6.45) is 6.28. The van der Waals surface area contributed by atoms with E-state index in [2.05, 4.69) is 23.3 Å². The molecule has 1 aliphatic rings. The first-order chi connectivity index (χ1) is 11.2. The molecule has 0 radical (unpaired) electrons. The molecule has 2 aromatic heterocycles. The molecule has 0 unspecified atom stereocenters. The molecule has 4 nitrogen and oxygen atoms in total. The van der Waals surface area contributed by atoms with Crippen molar-refractivity contribution in [3.63, 3.8) is 0 Å². The minimum absolute atomic E-state index is 0.0420. The Morgan fingerprint density at radius 3 is 3.13 bits per heavy atom. The van der Waals surface area contributed by atoms with E-state index in [4.69, 9.17) is 4.42 Å². The van der Waals surface area contributed by atoms with Crippen molar-refractivity contribution < 1.29 is 9.21 Å². The number of rotatable bonds is 4. The Bertz CT molecular complexity index is 857. The highest BCUT2D eigenvalue weighted by Crippen LogP contribution is 2.30. The van der Waals surface area contributed by atoms with Crippen molar-refractivity contribution in [2.24, 2.45) is 0 Å². The molecule has 0 spiro atoms. The molecule has 2 heterocycles. The van der Waals surface area contributed by atoms with E-state index in [1.54, 1.807) is 17.6 Å². The zero-order valence-electron chi connectivity index (χ0n) is 13.0. The van der Waals surface area contributed by atoms with Crippen LogP contribution < -0.4 is 5.32 Å². The third-order valence-corrected chi connectivity index (χ3v) is 5.39. The third kappa shape index (κ3) is 2.77. The van der Waals surface area contributed by atoms with Gasteiger partial charge in [0.2, 0.25) is 5.91 Å². The van der Waals surface area contributed by atoms with Gasteiger partial charge in [-0.25, -0.2) is 4.98 Å². The average molecular weight is 326 g/mol. The van der Waals surface area contributed by atoms with Crippen LogP contribution >= 0.6 is 11.3 Å². The number of aryl methyl sites for hydroxylation is 3. The van der Waals surface area contributed by atoms with Gasteiger partial charge in [0.15, 0.2) is 5.13 Å². The molecular weight excluding hydrogens is 308 g/mol. The van der Waals surface area contributed by atoms with Crippen molar-refractivity contribution in [2.45, 2.75) is 39.0 Å². The summed E-state index contributed by atoms with van der Waals surface area (Å²) in [5, 5.41) is 4.66. The van der Waals surface area contributed by atoms with Gasteiger partial charge in [0, 0.05) is 15.8 Å². The summed E-state index contributed by atoms with van der Waals surface area (Å²) < 4.78 is 5.60. The molecule has 1 N–H and O–H groups in total. The van der Waals surface area contributed by atoms with E-state index in [-0.39, 0.29) is 5.91 Å². The standard InChI is InChI=1S/C18H18N2O2S/c1-2-11-6-7-13-12(10-22-15(13)8-11)9-17(21)20-18-19-14-4-3-5-16(14)23-18/h6-8,10H,2-5,9H2,1H3,(H,19,20,21). The van der Waals surface area contributed by atoms with Crippen LogP contribution in [-0.2, 0) is 30.5 Å². The molecule has 3 aromatic rings. The Morgan fingerprint density at radius 2 is 2.30 bits per heavy atom. The summed E-state index contributed by atoms with van der Waals surface area (Å²) in [5.74, 6) is -0.0420. The zero-order valence-corrected chi connectivity index (χ0v) is 13.8. The SMILES string of the molecule is CCc1ccc2c(CC(=O)Nc3nc4c(s3)CCC4)coc2c1. The van der Waals surface area contributed by atoms with Gasteiger partial charge in [-0.15, -0.1) is 11.3 Å². The van der Waals surface area contributed by atoms with Gasteiger partial charge in [0.05, 0.1) is 18.4 Å². The summed E-state index contributed by atoms with van der Waals surface area (Å²) in [6.45, 7) is 2.11. The number of thiazole rings is 1. The van der Waals surface area contributed by atoms with Crippen molar-refractivity contribution >= 4 is 33.3 Å². The molecular formula is C18H18N2O2S. The number of carbonyl (C=O) groups is 1. The number of hydrogen-bond acceptors (Lipinski definition) is 4. The van der Waals surface area contributed by atoms with Crippen LogP contribution in [-0.4, -0.2) is 10.9 Å². The molecule has 0 saturated heterocycles. The highest BCUT2D eigenvalue weighted by molar-refractivity contribution is 7.15. The van der Waals surface area contributed by atoms with Crippen LogP contribution in [0, 0.1) is 0 Å². The second-order valence-electron chi connectivity index (χ2n) is 5.91. The number of amides is 1. The lowest BCUT2D eigenvalue weighted by molar-refractivity contribution is -0.115. The Hall–Kier alpha value is -2.14. The van der Waals surface area contributed by atoms with Crippen molar-refractivity contribution in [1.82, 2.24) is 4.98 Å². The van der Waals surface area contributed by atoms with Crippen LogP contribution in [0.5, 0.6) is 0 Å². The molecule has 1 amide bonds. The van der Waals surface area contributed by atoms with Crippen LogP contribution in [0.2, 0.25) is 0 Å². The minimum atomic E-state index is -0.0420. The molecule has 1 aliphatic carbocycles. The van der Waals surface area contributed by atoms with Crippen molar-refractivity contribution in [1.29, 1.82) is 0 Å². The number of nitrogens with zero attached hydrogens (tertiary/aromatic N) is 1. The fourth-order valence-electron chi connectivity index (χ4n) is 3.06. The Morgan fingerprint density at radius 1 is 1.39 bits per heavy atom. The van der Waals surface area contributed by atoms with Crippen LogP contribution in [0.25, 0.3) is 11.0 Å². The van der Waals surface area contributed by atoms with Gasteiger partial charge in [-0.2, -0.15) is 0 Å². The van der Waals surface area contributed by atoms with Crippen LogP contribution in [0.4, 0.5) is 5.13 Å². The van der Waals surface area contributed by atoms with Crippen molar-refractivity contribution in [3.8, 4) is 0 Å². The van der Waals surface area contributed by atoms with Gasteiger partial charge < -0.3 is 9.73 Å². The van der Waals surface area contributed by atoms with E-state index in [1.165, 1.54) is 16.9 Å². The van der Waals surface area contributed by atoms with Crippen LogP contribution in [0.3, 0.4) is 0 Å². The number of benzene rings is 1. The average Bonchev–Trinajstić information content (AvgIpc) is 3.22. The van der Waals surface area contributed by atoms with E-state index in [0.717, 1.165) is 46.6 Å². The molecule has 0 fully saturated rings. The largest absolute Gasteiger partial charge is 0.464 e. The molecule has 0 aliphatic heterocycles. The topological polar surface area (TPSA) is 55.1 Å². The Balaban J connectivity index is 1.49. The molecule has 118 valence electrons. The van der Waals surface area contributed by atoms with E-state index in [0.29, 0.717) is 6.42 Å². The molecule has 0 bridgehead atoms. The number of aromatic nitrogens is 1. The van der Waals surface area contributed by atoms with Gasteiger partial charge in [0.1, 0.15) is 5.58 Å². The van der Waals surface area contributed by atoms with E-state index in [9.17, 15) is 4.79 Å². The van der Waals surface area contributed by atoms with Gasteiger partial charge in [-0.05, 0) is 37.3 Å². The molecule has 0 atom stereocenters. The summed E-state index contributed by atoms with van der Waals surface area (Å²) in [5.41, 5.74) is 4.16. The Labute approximate surface area is 138 Å². The number of carbonyl (C=O) groups excluding carboxylic acids is 1. The van der Waals surface area contributed by atoms with Gasteiger partial charge in [0.25, 0.3) is 0 Å². The number of hydrogen-bond donors (Lipinski definition) is 1. The van der Waals surface area contributed by atoms with E-state index < -0.39 is 0 Å². The molecule has 0 saturated carbocycles. The second kappa shape index (κ2) is 5.81. The lowest BCUT2D eigenvalue weighted by Crippen LogP contribution is -2.14. The van der Waals surface area contributed by atoms with Crippen molar-refractivity contribution in [3.05, 3.63) is 46.2 Å². The molecule has 23 heavy (non-hydrogen) atoms. The smallest absolute Gasteiger partial charge is 0.230 e. The maximum absolute atomic E-state index is 12.3. The first-order valence-corrected chi connectivity index (χ1v) is 8.82. The highest BCUT2D eigenvalue weighted by Gasteiger charge is 2.18. The minimum Gasteiger partial charge on any atom is -0.464 e. The van der Waals surface area contributed by atoms with E-state index in [1.807, 2.05) is 12.1 Å². The second-order valence-corrected chi connectivity index (χ2v) is 7.00. The maximum Gasteiger partial charge on any atom is 0.230 e. The molecule has 5 heteroatoms. The quantitative estimate of drug-likeness (QED) is 0.784. The van der Waals surface area contributed by atoms with E-state index >= 15 is 0 Å². The predicted molar refractivity (Wildman–Crippen MR) is 92.1 cm³/mol. The maximum atomic E-state index is 12.3. The molecule has 4 rings (SSSR count).